The van der Waals surface area contributed by atoms with Gasteiger partial charge in [0.25, 0.3) is 11.8 Å². The second kappa shape index (κ2) is 6.11. The van der Waals surface area contributed by atoms with Gasteiger partial charge in [-0.2, -0.15) is 0 Å². The third-order valence-corrected chi connectivity index (χ3v) is 5.05. The Kier molecular flexibility index (Phi) is 3.65. The molecule has 2 amide bonds. The highest BCUT2D eigenvalue weighted by Crippen LogP contribution is 2.44. The van der Waals surface area contributed by atoms with Gasteiger partial charge in [-0.1, -0.05) is 6.07 Å². The van der Waals surface area contributed by atoms with Crippen LogP contribution in [-0.2, 0) is 13.1 Å². The summed E-state index contributed by atoms with van der Waals surface area (Å²) in [6.45, 7) is -0.0999. The SMILES string of the molecule is O=C1c2c(c(O)c3c(ncn3CCO)c2O)C(=O)N1Cc1ccc2c(c1)OCO2. The molecule has 2 aromatic carbocycles. The molecule has 1 aromatic heterocycles. The topological polar surface area (TPSA) is 134 Å². The van der Waals surface area contributed by atoms with Crippen LogP contribution < -0.4 is 9.47 Å². The van der Waals surface area contributed by atoms with Gasteiger partial charge in [0.15, 0.2) is 23.0 Å². The molecule has 0 radical (unpaired) electrons. The smallest absolute Gasteiger partial charge is 0.265 e. The molecule has 29 heavy (non-hydrogen) atoms. The molecule has 2 aliphatic heterocycles. The van der Waals surface area contributed by atoms with Crippen LogP contribution >= 0.6 is 0 Å². The zero-order chi connectivity index (χ0) is 20.3. The number of aromatic nitrogens is 2. The van der Waals surface area contributed by atoms with E-state index >= 15 is 0 Å². The molecule has 0 saturated heterocycles. The Morgan fingerprint density at radius 2 is 1.76 bits per heavy atom. The Hall–Kier alpha value is -3.79. The van der Waals surface area contributed by atoms with Gasteiger partial charge in [0.2, 0.25) is 6.79 Å². The van der Waals surface area contributed by atoms with Crippen molar-refractivity contribution in [2.75, 3.05) is 13.4 Å². The first-order chi connectivity index (χ1) is 14.0. The van der Waals surface area contributed by atoms with E-state index in [0.717, 1.165) is 4.90 Å². The fourth-order valence-electron chi connectivity index (χ4n) is 3.70. The molecule has 3 N–H and O–H groups in total. The molecule has 0 spiro atoms. The maximum atomic E-state index is 13.0. The summed E-state index contributed by atoms with van der Waals surface area (Å²) in [5.74, 6) is -1.30. The zero-order valence-electron chi connectivity index (χ0n) is 15.0. The largest absolute Gasteiger partial charge is 0.505 e. The number of aliphatic hydroxyl groups excluding tert-OH is 1. The zero-order valence-corrected chi connectivity index (χ0v) is 15.0. The highest BCUT2D eigenvalue weighted by atomic mass is 16.7. The lowest BCUT2D eigenvalue weighted by Gasteiger charge is -2.14. The minimum atomic E-state index is -0.728. The number of hydrogen-bond acceptors (Lipinski definition) is 8. The van der Waals surface area contributed by atoms with Crippen molar-refractivity contribution in [2.45, 2.75) is 13.1 Å². The van der Waals surface area contributed by atoms with Crippen LogP contribution in [0.15, 0.2) is 24.5 Å². The Bertz CT molecular complexity index is 1200. The summed E-state index contributed by atoms with van der Waals surface area (Å²) in [5, 5.41) is 30.5. The van der Waals surface area contributed by atoms with Crippen molar-refractivity contribution in [3.63, 3.8) is 0 Å². The van der Waals surface area contributed by atoms with Crippen LogP contribution in [0.3, 0.4) is 0 Å². The molecule has 0 bridgehead atoms. The monoisotopic (exact) mass is 397 g/mol. The van der Waals surface area contributed by atoms with Crippen LogP contribution in [0, 0.1) is 0 Å². The van der Waals surface area contributed by atoms with Crippen molar-refractivity contribution in [2.24, 2.45) is 0 Å². The van der Waals surface area contributed by atoms with Gasteiger partial charge in [0, 0.05) is 6.54 Å². The highest BCUT2D eigenvalue weighted by molar-refractivity contribution is 6.26. The molecule has 2 aliphatic rings. The number of carbonyl (C=O) groups excluding carboxylic acids is 2. The molecule has 0 saturated carbocycles. The fourth-order valence-corrected chi connectivity index (χ4v) is 3.70. The Morgan fingerprint density at radius 1 is 1.03 bits per heavy atom. The van der Waals surface area contributed by atoms with E-state index in [0.29, 0.717) is 17.1 Å². The van der Waals surface area contributed by atoms with Crippen LogP contribution in [0.2, 0.25) is 0 Å². The lowest BCUT2D eigenvalue weighted by Crippen LogP contribution is -2.29. The maximum Gasteiger partial charge on any atom is 0.265 e. The van der Waals surface area contributed by atoms with E-state index in [4.69, 9.17) is 9.47 Å². The molecule has 0 atom stereocenters. The summed E-state index contributed by atoms with van der Waals surface area (Å²) < 4.78 is 12.0. The van der Waals surface area contributed by atoms with Crippen LogP contribution in [0.1, 0.15) is 26.3 Å². The molecular weight excluding hydrogens is 382 g/mol. The van der Waals surface area contributed by atoms with E-state index < -0.39 is 23.3 Å². The molecule has 10 nitrogen and oxygen atoms in total. The van der Waals surface area contributed by atoms with Crippen LogP contribution in [0.4, 0.5) is 0 Å². The first-order valence-electron chi connectivity index (χ1n) is 8.79. The van der Waals surface area contributed by atoms with Crippen molar-refractivity contribution >= 4 is 22.8 Å². The summed E-state index contributed by atoms with van der Waals surface area (Å²) >= 11 is 0. The number of imidazole rings is 1. The number of phenols is 2. The molecule has 0 unspecified atom stereocenters. The first-order valence-corrected chi connectivity index (χ1v) is 8.79. The van der Waals surface area contributed by atoms with Gasteiger partial charge < -0.3 is 29.4 Å². The number of rotatable bonds is 4. The average Bonchev–Trinajstić information content (AvgIpc) is 3.39. The number of aromatic hydroxyl groups is 2. The van der Waals surface area contributed by atoms with E-state index in [2.05, 4.69) is 4.98 Å². The standard InChI is InChI=1S/C19H15N3O7/c23-4-3-21-7-20-14-15(21)17(25)13-12(16(14)24)18(26)22(19(13)27)6-9-1-2-10-11(5-9)29-8-28-10/h1-2,5,7,23-25H,3-4,6,8H2. The van der Waals surface area contributed by atoms with Gasteiger partial charge in [-0.15, -0.1) is 0 Å². The van der Waals surface area contributed by atoms with Gasteiger partial charge in [0.05, 0.1) is 19.5 Å². The molecule has 148 valence electrons. The number of benzene rings is 2. The third kappa shape index (κ3) is 2.36. The average molecular weight is 397 g/mol. The number of fused-ring (bicyclic) bond motifs is 3. The lowest BCUT2D eigenvalue weighted by atomic mass is 10.1. The third-order valence-electron chi connectivity index (χ3n) is 5.05. The van der Waals surface area contributed by atoms with Crippen molar-refractivity contribution in [1.29, 1.82) is 0 Å². The second-order valence-corrected chi connectivity index (χ2v) is 6.69. The number of nitrogens with zero attached hydrogens (tertiary/aromatic N) is 3. The van der Waals surface area contributed by atoms with Crippen molar-refractivity contribution in [3.05, 3.63) is 41.2 Å². The van der Waals surface area contributed by atoms with Crippen molar-refractivity contribution < 1.29 is 34.4 Å². The van der Waals surface area contributed by atoms with E-state index in [1.165, 1.54) is 10.9 Å². The second-order valence-electron chi connectivity index (χ2n) is 6.69. The number of ether oxygens (including phenoxy) is 2. The minimum absolute atomic E-state index is 0.0132. The Morgan fingerprint density at radius 3 is 2.52 bits per heavy atom. The normalized spacial score (nSPS) is 14.9. The van der Waals surface area contributed by atoms with Gasteiger partial charge >= 0.3 is 0 Å². The predicted molar refractivity (Wildman–Crippen MR) is 96.9 cm³/mol. The number of imide groups is 1. The van der Waals surface area contributed by atoms with E-state index in [1.807, 2.05) is 0 Å². The predicted octanol–water partition coefficient (Wildman–Crippen LogP) is 0.965. The highest BCUT2D eigenvalue weighted by Gasteiger charge is 2.42. The number of amides is 2. The quantitative estimate of drug-likeness (QED) is 0.438. The molecule has 5 rings (SSSR count). The molecule has 3 heterocycles. The van der Waals surface area contributed by atoms with Crippen LogP contribution in [0.25, 0.3) is 11.0 Å². The molecular formula is C19H15N3O7. The Balaban J connectivity index is 1.58. The van der Waals surface area contributed by atoms with E-state index in [1.54, 1.807) is 18.2 Å². The minimum Gasteiger partial charge on any atom is -0.505 e. The van der Waals surface area contributed by atoms with Gasteiger partial charge in [0.1, 0.15) is 22.2 Å². The summed E-state index contributed by atoms with van der Waals surface area (Å²) in [5.41, 5.74) is 0.132. The summed E-state index contributed by atoms with van der Waals surface area (Å²) in [6.07, 6.45) is 1.31. The fraction of sp³-hybridized carbons (Fsp3) is 0.211. The number of hydrogen-bond donors (Lipinski definition) is 3. The van der Waals surface area contributed by atoms with Gasteiger partial charge in [-0.25, -0.2) is 4.98 Å². The van der Waals surface area contributed by atoms with Crippen LogP contribution in [0.5, 0.6) is 23.0 Å². The first kappa shape index (κ1) is 17.3. The molecule has 10 heteroatoms. The maximum absolute atomic E-state index is 13.0. The molecule has 0 fully saturated rings. The lowest BCUT2D eigenvalue weighted by molar-refractivity contribution is 0.0640. The van der Waals surface area contributed by atoms with E-state index in [9.17, 15) is 24.9 Å². The van der Waals surface area contributed by atoms with Gasteiger partial charge in [-0.3, -0.25) is 14.5 Å². The van der Waals surface area contributed by atoms with Crippen molar-refractivity contribution in [1.82, 2.24) is 14.5 Å². The molecule has 3 aromatic rings. The number of phenolic OH excluding ortho intramolecular Hbond substituents is 2. The number of aliphatic hydroxyl groups is 1. The van der Waals surface area contributed by atoms with Gasteiger partial charge in [-0.05, 0) is 17.7 Å². The van der Waals surface area contributed by atoms with E-state index in [-0.39, 0.29) is 48.6 Å². The van der Waals surface area contributed by atoms with Crippen LogP contribution in [-0.4, -0.2) is 55.0 Å². The summed E-state index contributed by atoms with van der Waals surface area (Å²) in [4.78, 5) is 30.8. The summed E-state index contributed by atoms with van der Waals surface area (Å²) in [7, 11) is 0. The Labute approximate surface area is 163 Å². The summed E-state index contributed by atoms with van der Waals surface area (Å²) in [6, 6.07) is 5.05. The molecule has 0 aliphatic carbocycles. The van der Waals surface area contributed by atoms with Crippen molar-refractivity contribution in [3.8, 4) is 23.0 Å². The number of carbonyl (C=O) groups is 2.